The standard InChI is InChI=1S/C24H34O2/c1-3-5-6-7-8-9-10-11-15-19-21-22(16-4-2)24(25)26-23(21)20-17-13-12-14-18-20/h3,12-14,17-18,23H,1,4-11,15-16,19H2,2H3. The van der Waals surface area contributed by atoms with E-state index in [-0.39, 0.29) is 12.1 Å². The second-order valence-corrected chi connectivity index (χ2v) is 7.25. The van der Waals surface area contributed by atoms with Gasteiger partial charge in [0.05, 0.1) is 0 Å². The first-order valence-electron chi connectivity index (χ1n) is 10.4. The summed E-state index contributed by atoms with van der Waals surface area (Å²) in [5.74, 6) is -0.0991. The molecular weight excluding hydrogens is 320 g/mol. The van der Waals surface area contributed by atoms with Crippen LogP contribution in [0, 0.1) is 0 Å². The number of cyclic esters (lactones) is 1. The third-order valence-electron chi connectivity index (χ3n) is 5.13. The van der Waals surface area contributed by atoms with Gasteiger partial charge < -0.3 is 4.74 Å². The maximum absolute atomic E-state index is 12.3. The van der Waals surface area contributed by atoms with Crippen molar-refractivity contribution < 1.29 is 9.53 Å². The molecule has 0 aromatic heterocycles. The average Bonchev–Trinajstić information content (AvgIpc) is 2.97. The van der Waals surface area contributed by atoms with E-state index in [9.17, 15) is 4.79 Å². The molecule has 1 aromatic carbocycles. The van der Waals surface area contributed by atoms with E-state index in [2.05, 4.69) is 25.6 Å². The summed E-state index contributed by atoms with van der Waals surface area (Å²) >= 11 is 0. The number of unbranched alkanes of at least 4 members (excludes halogenated alkanes) is 7. The molecule has 142 valence electrons. The van der Waals surface area contributed by atoms with Gasteiger partial charge in [-0.05, 0) is 43.2 Å². The number of carbonyl (C=O) groups is 1. The Kier molecular flexibility index (Phi) is 9.23. The molecule has 0 saturated heterocycles. The van der Waals surface area contributed by atoms with Crippen LogP contribution in [0.4, 0.5) is 0 Å². The molecule has 0 radical (unpaired) electrons. The number of carbonyl (C=O) groups excluding carboxylic acids is 1. The van der Waals surface area contributed by atoms with Crippen LogP contribution in [0.1, 0.15) is 89.2 Å². The summed E-state index contributed by atoms with van der Waals surface area (Å²) in [6.45, 7) is 5.90. The van der Waals surface area contributed by atoms with Crippen LogP contribution in [0.25, 0.3) is 0 Å². The topological polar surface area (TPSA) is 26.3 Å². The predicted molar refractivity (Wildman–Crippen MR) is 109 cm³/mol. The quantitative estimate of drug-likeness (QED) is 0.215. The lowest BCUT2D eigenvalue weighted by atomic mass is 9.92. The Morgan fingerprint density at radius 2 is 1.62 bits per heavy atom. The van der Waals surface area contributed by atoms with Crippen molar-refractivity contribution in [2.24, 2.45) is 0 Å². The Morgan fingerprint density at radius 3 is 2.27 bits per heavy atom. The van der Waals surface area contributed by atoms with Crippen molar-refractivity contribution >= 4 is 5.97 Å². The fraction of sp³-hybridized carbons (Fsp3) is 0.542. The Labute approximate surface area is 159 Å². The van der Waals surface area contributed by atoms with E-state index >= 15 is 0 Å². The van der Waals surface area contributed by atoms with Gasteiger partial charge in [0.1, 0.15) is 6.10 Å². The van der Waals surface area contributed by atoms with E-state index < -0.39 is 0 Å². The molecule has 2 heteroatoms. The normalized spacial score (nSPS) is 16.8. The first kappa shape index (κ1) is 20.5. The van der Waals surface area contributed by atoms with Crippen LogP contribution in [-0.4, -0.2) is 5.97 Å². The average molecular weight is 355 g/mol. The third-order valence-corrected chi connectivity index (χ3v) is 5.13. The van der Waals surface area contributed by atoms with E-state index in [1.165, 1.54) is 44.1 Å². The fourth-order valence-electron chi connectivity index (χ4n) is 3.72. The SMILES string of the molecule is C=CCCCCCCCCCC1=C(CCC)C(=O)OC1c1ccccc1. The lowest BCUT2D eigenvalue weighted by Crippen LogP contribution is -2.03. The van der Waals surface area contributed by atoms with E-state index in [1.54, 1.807) is 0 Å². The molecule has 0 fully saturated rings. The van der Waals surface area contributed by atoms with E-state index in [0.29, 0.717) is 0 Å². The Morgan fingerprint density at radius 1 is 0.962 bits per heavy atom. The molecule has 0 N–H and O–H groups in total. The van der Waals surface area contributed by atoms with Crippen molar-refractivity contribution in [3.05, 3.63) is 59.7 Å². The van der Waals surface area contributed by atoms with Gasteiger partial charge in [0.15, 0.2) is 0 Å². The largest absolute Gasteiger partial charge is 0.450 e. The highest BCUT2D eigenvalue weighted by Gasteiger charge is 2.33. The molecule has 1 aliphatic rings. The van der Waals surface area contributed by atoms with E-state index in [0.717, 1.165) is 43.2 Å². The molecule has 0 bridgehead atoms. The maximum atomic E-state index is 12.3. The first-order chi connectivity index (χ1) is 12.8. The van der Waals surface area contributed by atoms with Crippen LogP contribution in [0.2, 0.25) is 0 Å². The summed E-state index contributed by atoms with van der Waals surface area (Å²) in [6.07, 6.45) is 14.7. The monoisotopic (exact) mass is 354 g/mol. The zero-order valence-electron chi connectivity index (χ0n) is 16.3. The van der Waals surface area contributed by atoms with E-state index in [1.807, 2.05) is 24.3 Å². The van der Waals surface area contributed by atoms with Gasteiger partial charge in [0.25, 0.3) is 0 Å². The van der Waals surface area contributed by atoms with Crippen LogP contribution in [0.5, 0.6) is 0 Å². The van der Waals surface area contributed by atoms with Crippen molar-refractivity contribution in [1.82, 2.24) is 0 Å². The minimum atomic E-state index is -0.163. The van der Waals surface area contributed by atoms with Crippen LogP contribution < -0.4 is 0 Å². The number of rotatable bonds is 13. The zero-order valence-corrected chi connectivity index (χ0v) is 16.3. The Balaban J connectivity index is 1.84. The van der Waals surface area contributed by atoms with Gasteiger partial charge >= 0.3 is 5.97 Å². The lowest BCUT2D eigenvalue weighted by molar-refractivity contribution is -0.140. The molecule has 0 amide bonds. The van der Waals surface area contributed by atoms with Gasteiger partial charge in [-0.25, -0.2) is 4.79 Å². The van der Waals surface area contributed by atoms with Gasteiger partial charge in [-0.3, -0.25) is 0 Å². The molecular formula is C24H34O2. The number of ether oxygens (including phenoxy) is 1. The zero-order chi connectivity index (χ0) is 18.6. The molecule has 1 atom stereocenters. The van der Waals surface area contributed by atoms with Gasteiger partial charge in [0, 0.05) is 5.57 Å². The molecule has 1 unspecified atom stereocenters. The van der Waals surface area contributed by atoms with Crippen LogP contribution in [0.15, 0.2) is 54.1 Å². The fourth-order valence-corrected chi connectivity index (χ4v) is 3.72. The number of hydrogen-bond donors (Lipinski definition) is 0. The van der Waals surface area contributed by atoms with Crippen LogP contribution in [0.3, 0.4) is 0 Å². The van der Waals surface area contributed by atoms with Gasteiger partial charge in [0.2, 0.25) is 0 Å². The molecule has 1 aliphatic heterocycles. The molecule has 2 rings (SSSR count). The molecule has 0 saturated carbocycles. The second-order valence-electron chi connectivity index (χ2n) is 7.25. The van der Waals surface area contributed by atoms with Crippen molar-refractivity contribution in [2.45, 2.75) is 83.7 Å². The summed E-state index contributed by atoms with van der Waals surface area (Å²) < 4.78 is 5.74. The molecule has 1 aromatic rings. The predicted octanol–water partition coefficient (Wildman–Crippen LogP) is 7.08. The summed E-state index contributed by atoms with van der Waals surface area (Å²) in [5, 5.41) is 0. The minimum absolute atomic E-state index is 0.0991. The summed E-state index contributed by atoms with van der Waals surface area (Å²) in [4.78, 5) is 12.3. The summed E-state index contributed by atoms with van der Waals surface area (Å²) in [5.41, 5.74) is 3.27. The lowest BCUT2D eigenvalue weighted by Gasteiger charge is -2.15. The van der Waals surface area contributed by atoms with Crippen LogP contribution >= 0.6 is 0 Å². The summed E-state index contributed by atoms with van der Waals surface area (Å²) in [7, 11) is 0. The highest BCUT2D eigenvalue weighted by molar-refractivity contribution is 5.92. The van der Waals surface area contributed by atoms with Gasteiger partial charge in [-0.15, -0.1) is 6.58 Å². The van der Waals surface area contributed by atoms with Crippen LogP contribution in [-0.2, 0) is 9.53 Å². The van der Waals surface area contributed by atoms with Crippen molar-refractivity contribution in [3.8, 4) is 0 Å². The van der Waals surface area contributed by atoms with Gasteiger partial charge in [-0.1, -0.05) is 81.9 Å². The molecule has 0 aliphatic carbocycles. The Hall–Kier alpha value is -1.83. The van der Waals surface area contributed by atoms with Crippen molar-refractivity contribution in [1.29, 1.82) is 0 Å². The van der Waals surface area contributed by atoms with Crippen molar-refractivity contribution in [2.75, 3.05) is 0 Å². The third kappa shape index (κ3) is 6.16. The van der Waals surface area contributed by atoms with E-state index in [4.69, 9.17) is 4.74 Å². The number of benzene rings is 1. The number of esters is 1. The first-order valence-corrected chi connectivity index (χ1v) is 10.4. The van der Waals surface area contributed by atoms with Crippen molar-refractivity contribution in [3.63, 3.8) is 0 Å². The molecule has 2 nitrogen and oxygen atoms in total. The highest BCUT2D eigenvalue weighted by atomic mass is 16.5. The molecule has 1 heterocycles. The highest BCUT2D eigenvalue weighted by Crippen LogP contribution is 2.39. The molecule has 0 spiro atoms. The minimum Gasteiger partial charge on any atom is -0.450 e. The Bertz CT molecular complexity index is 585. The number of hydrogen-bond acceptors (Lipinski definition) is 2. The maximum Gasteiger partial charge on any atom is 0.335 e. The molecule has 26 heavy (non-hydrogen) atoms. The second kappa shape index (κ2) is 11.7. The van der Waals surface area contributed by atoms with Gasteiger partial charge in [-0.2, -0.15) is 0 Å². The number of allylic oxidation sites excluding steroid dienone is 1. The smallest absolute Gasteiger partial charge is 0.335 e. The summed E-state index contributed by atoms with van der Waals surface area (Å²) in [6, 6.07) is 10.2.